The minimum Gasteiger partial charge on any atom is -0.200 e. The lowest BCUT2D eigenvalue weighted by Crippen LogP contribution is -2.32. The summed E-state index contributed by atoms with van der Waals surface area (Å²) in [6.07, 6.45) is 2.58. The van der Waals surface area contributed by atoms with Gasteiger partial charge in [0.2, 0.25) is 5.69 Å². The summed E-state index contributed by atoms with van der Waals surface area (Å²) in [6, 6.07) is 18.3. The van der Waals surface area contributed by atoms with Crippen LogP contribution < -0.4 is 4.57 Å². The Bertz CT molecular complexity index is 1830. The third kappa shape index (κ3) is 4.13. The van der Waals surface area contributed by atoms with Crippen molar-refractivity contribution in [2.24, 2.45) is 17.9 Å². The van der Waals surface area contributed by atoms with Crippen molar-refractivity contribution >= 4 is 44.1 Å². The smallest absolute Gasteiger partial charge is 0.200 e. The van der Waals surface area contributed by atoms with Crippen LogP contribution in [0.15, 0.2) is 64.5 Å². The van der Waals surface area contributed by atoms with Crippen molar-refractivity contribution in [3.8, 4) is 11.3 Å². The average Bonchev–Trinajstić information content (AvgIpc) is 2.83. The van der Waals surface area contributed by atoms with Crippen molar-refractivity contribution in [3.05, 3.63) is 77.0 Å². The Kier molecular flexibility index (Phi) is 5.47. The molecular formula is C36H40NS+. The van der Waals surface area contributed by atoms with Crippen LogP contribution in [0.3, 0.4) is 0 Å². The summed E-state index contributed by atoms with van der Waals surface area (Å²) in [5, 5.41) is 7.81. The van der Waals surface area contributed by atoms with Crippen LogP contribution in [0, 0.1) is 24.7 Å². The summed E-state index contributed by atoms with van der Waals surface area (Å²) >= 11 is 1.96. The average molecular weight is 520 g/mol. The van der Waals surface area contributed by atoms with Crippen LogP contribution in [0.2, 0.25) is 0 Å². The van der Waals surface area contributed by atoms with Crippen LogP contribution in [0.1, 0.15) is 65.2 Å². The fraction of sp³-hybridized carbons (Fsp3) is 0.361. The van der Waals surface area contributed by atoms with Crippen molar-refractivity contribution in [1.29, 1.82) is 0 Å². The van der Waals surface area contributed by atoms with Crippen LogP contribution in [0.25, 0.3) is 43.6 Å². The molecule has 6 rings (SSSR count). The molecule has 0 fully saturated rings. The summed E-state index contributed by atoms with van der Waals surface area (Å²) in [7, 11) is 2.07. The highest BCUT2D eigenvalue weighted by molar-refractivity contribution is 8.00. The fourth-order valence-corrected chi connectivity index (χ4v) is 7.76. The van der Waals surface area contributed by atoms with Crippen LogP contribution in [0.4, 0.5) is 0 Å². The highest BCUT2D eigenvalue weighted by Gasteiger charge is 2.33. The Morgan fingerprint density at radius 1 is 0.789 bits per heavy atom. The van der Waals surface area contributed by atoms with E-state index in [9.17, 15) is 0 Å². The SMILES string of the molecule is [2H]c1cc2c3c(cc4c(CC(C)(C)C)cccc42)Sc2c(c(C)c4cc(C)ccc4c2CC(C)(C)C)-c3[n+]1C. The fourth-order valence-electron chi connectivity index (χ4n) is 6.40. The maximum atomic E-state index is 9.08. The molecule has 1 aliphatic heterocycles. The summed E-state index contributed by atoms with van der Waals surface area (Å²) in [4.78, 5) is 2.69. The van der Waals surface area contributed by atoms with Gasteiger partial charge in [0.25, 0.3) is 0 Å². The van der Waals surface area contributed by atoms with Gasteiger partial charge in [0.05, 0.1) is 10.9 Å². The first-order valence-corrected chi connectivity index (χ1v) is 14.7. The quantitative estimate of drug-likeness (QED) is 0.163. The first-order valence-electron chi connectivity index (χ1n) is 14.4. The van der Waals surface area contributed by atoms with E-state index in [1.165, 1.54) is 75.6 Å². The van der Waals surface area contributed by atoms with Gasteiger partial charge in [-0.25, -0.2) is 4.57 Å². The molecule has 0 saturated heterocycles. The van der Waals surface area contributed by atoms with Crippen molar-refractivity contribution in [2.45, 2.75) is 78.0 Å². The molecule has 0 bridgehead atoms. The van der Waals surface area contributed by atoms with Gasteiger partial charge < -0.3 is 0 Å². The normalized spacial score (nSPS) is 13.9. The maximum absolute atomic E-state index is 9.08. The van der Waals surface area contributed by atoms with E-state index in [0.717, 1.165) is 12.8 Å². The van der Waals surface area contributed by atoms with Crippen molar-refractivity contribution in [2.75, 3.05) is 0 Å². The van der Waals surface area contributed by atoms with E-state index in [1.54, 1.807) is 0 Å². The number of hydrogen-bond acceptors (Lipinski definition) is 1. The van der Waals surface area contributed by atoms with Gasteiger partial charge in [-0.15, -0.1) is 0 Å². The molecule has 0 spiro atoms. The first-order chi connectivity index (χ1) is 18.2. The van der Waals surface area contributed by atoms with Crippen LogP contribution in [0.5, 0.6) is 0 Å². The molecule has 0 saturated carbocycles. The standard InChI is InChI=1S/C36H40NS/c1-21-13-14-25-27(17-21)22(2)31-33-32-26(15-16-37(33)9)24-12-10-11-23(19-35(3,4)5)28(24)18-30(32)38-34(31)29(25)20-36(6,7)8/h10-18H,19-20H2,1-9H3/q+1/i16D. The summed E-state index contributed by atoms with van der Waals surface area (Å²) in [5.74, 6) is 0. The molecular weight excluding hydrogens is 478 g/mol. The van der Waals surface area contributed by atoms with E-state index in [2.05, 4.69) is 116 Å². The molecule has 0 amide bonds. The lowest BCUT2D eigenvalue weighted by Gasteiger charge is -2.28. The lowest BCUT2D eigenvalue weighted by molar-refractivity contribution is -0.659. The predicted molar refractivity (Wildman–Crippen MR) is 165 cm³/mol. The zero-order valence-corrected chi connectivity index (χ0v) is 25.2. The van der Waals surface area contributed by atoms with E-state index in [1.807, 2.05) is 11.8 Å². The second-order valence-electron chi connectivity index (χ2n) is 13.8. The topological polar surface area (TPSA) is 3.88 Å². The van der Waals surface area contributed by atoms with Crippen molar-refractivity contribution < 1.29 is 5.94 Å². The number of fused-ring (bicyclic) bond motifs is 5. The minimum absolute atomic E-state index is 0.153. The Morgan fingerprint density at radius 3 is 2.24 bits per heavy atom. The molecule has 5 aromatic rings. The molecule has 0 radical (unpaired) electrons. The van der Waals surface area contributed by atoms with Gasteiger partial charge in [0.1, 0.15) is 8.42 Å². The summed E-state index contributed by atoms with van der Waals surface area (Å²) in [6.45, 7) is 18.5. The van der Waals surface area contributed by atoms with Crippen molar-refractivity contribution in [3.63, 3.8) is 0 Å². The minimum atomic E-state index is 0.153. The highest BCUT2D eigenvalue weighted by atomic mass is 32.2. The number of nitrogens with zero attached hydrogens (tertiary/aromatic N) is 1. The third-order valence-electron chi connectivity index (χ3n) is 7.91. The number of aryl methyl sites for hydroxylation is 2. The van der Waals surface area contributed by atoms with Gasteiger partial charge in [-0.1, -0.05) is 95.3 Å². The molecule has 194 valence electrons. The zero-order valence-electron chi connectivity index (χ0n) is 25.4. The molecule has 4 aromatic carbocycles. The van der Waals surface area contributed by atoms with Crippen LogP contribution in [-0.4, -0.2) is 0 Å². The Labute approximate surface area is 233 Å². The van der Waals surface area contributed by atoms with E-state index < -0.39 is 0 Å². The molecule has 2 heterocycles. The zero-order chi connectivity index (χ0) is 28.0. The monoisotopic (exact) mass is 519 g/mol. The molecule has 1 nitrogen and oxygen atoms in total. The largest absolute Gasteiger partial charge is 0.222 e. The molecule has 0 aliphatic carbocycles. The molecule has 38 heavy (non-hydrogen) atoms. The second-order valence-corrected chi connectivity index (χ2v) is 14.8. The first kappa shape index (κ1) is 24.2. The lowest BCUT2D eigenvalue weighted by atomic mass is 9.82. The van der Waals surface area contributed by atoms with E-state index in [4.69, 9.17) is 1.37 Å². The molecule has 2 heteroatoms. The van der Waals surface area contributed by atoms with Gasteiger partial charge in [-0.2, -0.15) is 0 Å². The molecule has 0 unspecified atom stereocenters. The van der Waals surface area contributed by atoms with Gasteiger partial charge in [-0.05, 0) is 81.8 Å². The summed E-state index contributed by atoms with van der Waals surface area (Å²) in [5.41, 5.74) is 8.31. The van der Waals surface area contributed by atoms with Crippen LogP contribution >= 0.6 is 11.8 Å². The van der Waals surface area contributed by atoms with Gasteiger partial charge in [0.15, 0.2) is 6.17 Å². The number of aromatic nitrogens is 1. The highest BCUT2D eigenvalue weighted by Crippen LogP contribution is 2.53. The number of hydrogen-bond donors (Lipinski definition) is 0. The second kappa shape index (κ2) is 8.58. The van der Waals surface area contributed by atoms with Gasteiger partial charge >= 0.3 is 0 Å². The number of benzene rings is 4. The predicted octanol–water partition coefficient (Wildman–Crippen LogP) is 9.90. The molecule has 1 aliphatic rings. The van der Waals surface area contributed by atoms with Crippen LogP contribution in [-0.2, 0) is 19.9 Å². The molecule has 0 atom stereocenters. The van der Waals surface area contributed by atoms with Gasteiger partial charge in [-0.3, -0.25) is 0 Å². The Balaban J connectivity index is 1.80. The Hall–Kier alpha value is -2.84. The number of pyridine rings is 1. The number of rotatable bonds is 2. The van der Waals surface area contributed by atoms with Crippen molar-refractivity contribution in [1.82, 2.24) is 0 Å². The third-order valence-corrected chi connectivity index (χ3v) is 9.11. The molecule has 0 N–H and O–H groups in total. The summed E-state index contributed by atoms with van der Waals surface area (Å²) < 4.78 is 11.2. The Morgan fingerprint density at radius 2 is 1.53 bits per heavy atom. The van der Waals surface area contributed by atoms with E-state index >= 15 is 0 Å². The van der Waals surface area contributed by atoms with Gasteiger partial charge in [0, 0.05) is 21.2 Å². The van der Waals surface area contributed by atoms with E-state index in [0.29, 0.717) is 6.17 Å². The molecule has 1 aromatic heterocycles. The maximum Gasteiger partial charge on any atom is 0.222 e. The van der Waals surface area contributed by atoms with E-state index in [-0.39, 0.29) is 10.8 Å².